The number of piperazine rings is 1. The van der Waals surface area contributed by atoms with Gasteiger partial charge in [-0.05, 0) is 50.7 Å². The van der Waals surface area contributed by atoms with Crippen molar-refractivity contribution >= 4 is 11.9 Å². The fraction of sp³-hybridized carbons (Fsp3) is 0.727. The molecule has 0 radical (unpaired) electrons. The molecule has 154 valence electrons. The van der Waals surface area contributed by atoms with Crippen LogP contribution in [0.1, 0.15) is 46.5 Å². The van der Waals surface area contributed by atoms with Crippen molar-refractivity contribution in [2.75, 3.05) is 39.3 Å². The summed E-state index contributed by atoms with van der Waals surface area (Å²) in [6, 6.07) is 8.67. The zero-order chi connectivity index (χ0) is 19.5. The number of benzene rings is 1. The van der Waals surface area contributed by atoms with Gasteiger partial charge in [0.2, 0.25) is 0 Å². The highest BCUT2D eigenvalue weighted by Gasteiger charge is 2.29. The van der Waals surface area contributed by atoms with Crippen LogP contribution in [0, 0.1) is 11.7 Å². The number of piperidine rings is 1. The van der Waals surface area contributed by atoms with Crippen LogP contribution in [0.4, 0.5) is 4.39 Å². The Hall–Kier alpha value is -0.620. The Labute approximate surface area is 170 Å². The van der Waals surface area contributed by atoms with E-state index >= 15 is 0 Å². The quantitative estimate of drug-likeness (QED) is 0.748. The Morgan fingerprint density at radius 2 is 1.70 bits per heavy atom. The van der Waals surface area contributed by atoms with Gasteiger partial charge < -0.3 is 5.32 Å². The van der Waals surface area contributed by atoms with Crippen molar-refractivity contribution in [3.05, 3.63) is 36.1 Å². The number of hydrogen-bond acceptors (Lipinski definition) is 4. The number of hydrogen-bond donors (Lipinski definition) is 1. The third kappa shape index (κ3) is 8.95. The van der Waals surface area contributed by atoms with Crippen molar-refractivity contribution in [1.82, 2.24) is 14.5 Å². The summed E-state index contributed by atoms with van der Waals surface area (Å²) in [5.74, 6) is 0.768. The van der Waals surface area contributed by atoms with Gasteiger partial charge >= 0.3 is 0 Å². The van der Waals surface area contributed by atoms with Crippen molar-refractivity contribution in [2.45, 2.75) is 57.7 Å². The number of nitrogens with one attached hydrogen (secondary N) is 1. The minimum absolute atomic E-state index is 0.178. The first-order valence-electron chi connectivity index (χ1n) is 10.8. The van der Waals surface area contributed by atoms with Crippen LogP contribution in [0.25, 0.3) is 0 Å². The van der Waals surface area contributed by atoms with Gasteiger partial charge in [-0.1, -0.05) is 44.0 Å². The normalized spacial score (nSPS) is 24.4. The summed E-state index contributed by atoms with van der Waals surface area (Å²) in [4.78, 5) is 2.70. The SMILES string of the molecule is CC.CC1CNCCN1CC1CCN(SC2CC2)CC1.Fc1ccccc1. The summed E-state index contributed by atoms with van der Waals surface area (Å²) in [5, 5.41) is 4.47. The maximum absolute atomic E-state index is 11.9. The lowest BCUT2D eigenvalue weighted by Gasteiger charge is -2.39. The molecule has 1 N–H and O–H groups in total. The van der Waals surface area contributed by atoms with Gasteiger partial charge in [0.05, 0.1) is 0 Å². The largest absolute Gasteiger partial charge is 0.314 e. The van der Waals surface area contributed by atoms with Crippen LogP contribution in [-0.2, 0) is 0 Å². The third-order valence-corrected chi connectivity index (χ3v) is 6.69. The van der Waals surface area contributed by atoms with E-state index < -0.39 is 0 Å². The Balaban J connectivity index is 0.000000244. The Kier molecular flexibility index (Phi) is 10.7. The van der Waals surface area contributed by atoms with Gasteiger partial charge in [-0.15, -0.1) is 0 Å². The summed E-state index contributed by atoms with van der Waals surface area (Å²) < 4.78 is 14.5. The van der Waals surface area contributed by atoms with E-state index in [1.807, 2.05) is 13.8 Å². The van der Waals surface area contributed by atoms with E-state index in [4.69, 9.17) is 0 Å². The lowest BCUT2D eigenvalue weighted by molar-refractivity contribution is 0.127. The average Bonchev–Trinajstić information content (AvgIpc) is 3.52. The predicted molar refractivity (Wildman–Crippen MR) is 117 cm³/mol. The first kappa shape index (κ1) is 22.7. The molecule has 3 nitrogen and oxygen atoms in total. The molecule has 1 saturated carbocycles. The van der Waals surface area contributed by atoms with E-state index in [0.717, 1.165) is 17.2 Å². The van der Waals surface area contributed by atoms with Crippen molar-refractivity contribution in [2.24, 2.45) is 5.92 Å². The van der Waals surface area contributed by atoms with Crippen LogP contribution in [0.15, 0.2) is 30.3 Å². The highest BCUT2D eigenvalue weighted by atomic mass is 32.2. The monoisotopic (exact) mass is 395 g/mol. The molecule has 2 aliphatic heterocycles. The van der Waals surface area contributed by atoms with Crippen molar-refractivity contribution < 1.29 is 4.39 Å². The molecule has 2 saturated heterocycles. The Morgan fingerprint density at radius 3 is 2.22 bits per heavy atom. The van der Waals surface area contributed by atoms with E-state index in [2.05, 4.69) is 33.4 Å². The lowest BCUT2D eigenvalue weighted by Crippen LogP contribution is -2.51. The van der Waals surface area contributed by atoms with Gasteiger partial charge in [-0.2, -0.15) is 0 Å². The molecule has 4 rings (SSSR count). The second-order valence-electron chi connectivity index (χ2n) is 7.52. The maximum Gasteiger partial charge on any atom is 0.123 e. The topological polar surface area (TPSA) is 18.5 Å². The van der Waals surface area contributed by atoms with Gasteiger partial charge in [-0.25, -0.2) is 4.39 Å². The molecule has 1 atom stereocenters. The fourth-order valence-corrected chi connectivity index (χ4v) is 4.67. The standard InChI is InChI=1S/C14H27N3S.C6H5F.C2H6/c1-12-10-15-6-9-16(12)11-13-4-7-17(8-5-13)18-14-2-3-14;7-6-4-2-1-3-5-6;1-2/h12-15H,2-11H2,1H3;1-5H;1-2H3. The Bertz CT molecular complexity index is 490. The zero-order valence-corrected chi connectivity index (χ0v) is 18.2. The summed E-state index contributed by atoms with van der Waals surface area (Å²) in [5.41, 5.74) is 0. The average molecular weight is 396 g/mol. The lowest BCUT2D eigenvalue weighted by atomic mass is 9.96. The molecule has 27 heavy (non-hydrogen) atoms. The summed E-state index contributed by atoms with van der Waals surface area (Å²) >= 11 is 2.14. The molecule has 3 aliphatic rings. The second-order valence-corrected chi connectivity index (χ2v) is 8.91. The van der Waals surface area contributed by atoms with Crippen LogP contribution in [0.5, 0.6) is 0 Å². The van der Waals surface area contributed by atoms with Crippen LogP contribution >= 0.6 is 11.9 Å². The van der Waals surface area contributed by atoms with Crippen molar-refractivity contribution in [3.63, 3.8) is 0 Å². The minimum atomic E-state index is -0.178. The van der Waals surface area contributed by atoms with Crippen LogP contribution in [0.3, 0.4) is 0 Å². The molecule has 1 aromatic carbocycles. The molecule has 3 fully saturated rings. The third-order valence-electron chi connectivity index (χ3n) is 5.26. The number of halogens is 1. The summed E-state index contributed by atoms with van der Waals surface area (Å²) in [6.07, 6.45) is 5.75. The van der Waals surface area contributed by atoms with Crippen LogP contribution in [0.2, 0.25) is 0 Å². The number of nitrogens with zero attached hydrogens (tertiary/aromatic N) is 2. The van der Waals surface area contributed by atoms with Crippen LogP contribution < -0.4 is 5.32 Å². The fourth-order valence-electron chi connectivity index (χ4n) is 3.48. The van der Waals surface area contributed by atoms with Gasteiger partial charge in [0.1, 0.15) is 5.82 Å². The van der Waals surface area contributed by atoms with Gasteiger partial charge in [0, 0.05) is 50.6 Å². The molecule has 0 aromatic heterocycles. The Morgan fingerprint density at radius 1 is 1.04 bits per heavy atom. The second kappa shape index (κ2) is 12.8. The van der Waals surface area contributed by atoms with E-state index in [1.165, 1.54) is 77.1 Å². The highest BCUT2D eigenvalue weighted by molar-refractivity contribution is 7.97. The predicted octanol–water partition coefficient (Wildman–Crippen LogP) is 4.65. The molecule has 1 aliphatic carbocycles. The zero-order valence-electron chi connectivity index (χ0n) is 17.4. The summed E-state index contributed by atoms with van der Waals surface area (Å²) in [7, 11) is 0. The van der Waals surface area contributed by atoms with Gasteiger partial charge in [0.15, 0.2) is 0 Å². The first-order chi connectivity index (χ1) is 13.2. The molecule has 1 aromatic rings. The molecule has 5 heteroatoms. The maximum atomic E-state index is 11.9. The van der Waals surface area contributed by atoms with E-state index in [0.29, 0.717) is 0 Å². The van der Waals surface area contributed by atoms with E-state index in [-0.39, 0.29) is 5.82 Å². The van der Waals surface area contributed by atoms with Crippen LogP contribution in [-0.4, -0.2) is 59.8 Å². The number of rotatable bonds is 4. The smallest absolute Gasteiger partial charge is 0.123 e. The molecule has 0 amide bonds. The molecular formula is C22H38FN3S. The van der Waals surface area contributed by atoms with Crippen molar-refractivity contribution in [1.29, 1.82) is 0 Å². The van der Waals surface area contributed by atoms with E-state index in [1.54, 1.807) is 18.2 Å². The van der Waals surface area contributed by atoms with Gasteiger partial charge in [-0.3, -0.25) is 9.21 Å². The molecule has 1 unspecified atom stereocenters. The van der Waals surface area contributed by atoms with Gasteiger partial charge in [0.25, 0.3) is 0 Å². The molecule has 0 spiro atoms. The first-order valence-corrected chi connectivity index (χ1v) is 11.6. The minimum Gasteiger partial charge on any atom is -0.314 e. The summed E-state index contributed by atoms with van der Waals surface area (Å²) in [6.45, 7) is 14.0. The van der Waals surface area contributed by atoms with E-state index in [9.17, 15) is 4.39 Å². The molecule has 2 heterocycles. The molecule has 0 bridgehead atoms. The molecular weight excluding hydrogens is 357 g/mol. The highest BCUT2D eigenvalue weighted by Crippen LogP contribution is 2.38. The van der Waals surface area contributed by atoms with Crippen molar-refractivity contribution in [3.8, 4) is 0 Å².